The Kier molecular flexibility index (Phi) is 21.0. The van der Waals surface area contributed by atoms with E-state index in [-0.39, 0.29) is 0 Å². The first kappa shape index (κ1) is 23.4. The van der Waals surface area contributed by atoms with Crippen molar-refractivity contribution in [1.82, 2.24) is 0 Å². The maximum absolute atomic E-state index is 2.24. The van der Waals surface area contributed by atoms with Gasteiger partial charge < -0.3 is 0 Å². The molecule has 0 nitrogen and oxygen atoms in total. The molecule has 0 aromatic carbocycles. The first-order chi connectivity index (χ1) is 10.3. The molecule has 0 saturated heterocycles. The van der Waals surface area contributed by atoms with Crippen LogP contribution in [-0.4, -0.2) is 81.5 Å². The van der Waals surface area contributed by atoms with Gasteiger partial charge in [0.15, 0.2) is 0 Å². The standard InChI is InChI=1S/C14H30S7/c1-15-5-7-20-13(9-17-3)11-19-12-14(10-18-4)21-8-6-16-2/h13-14H,5-12H2,1-4H3. The topological polar surface area (TPSA) is 0 Å². The van der Waals surface area contributed by atoms with Crippen LogP contribution < -0.4 is 0 Å². The second-order valence-electron chi connectivity index (χ2n) is 4.42. The van der Waals surface area contributed by atoms with E-state index >= 15 is 0 Å². The summed E-state index contributed by atoms with van der Waals surface area (Å²) in [5.41, 5.74) is 0. The summed E-state index contributed by atoms with van der Waals surface area (Å²) < 4.78 is 0. The second-order valence-corrected chi connectivity index (χ2v) is 12.1. The van der Waals surface area contributed by atoms with Gasteiger partial charge in [0.2, 0.25) is 0 Å². The Labute approximate surface area is 162 Å². The molecule has 0 fully saturated rings. The highest BCUT2D eigenvalue weighted by Gasteiger charge is 2.12. The Hall–Kier alpha value is 2.45. The highest BCUT2D eigenvalue weighted by Crippen LogP contribution is 2.25. The van der Waals surface area contributed by atoms with Gasteiger partial charge in [-0.15, -0.1) is 0 Å². The molecule has 2 unspecified atom stereocenters. The lowest BCUT2D eigenvalue weighted by molar-refractivity contribution is 1.12. The van der Waals surface area contributed by atoms with Crippen molar-refractivity contribution in [3.8, 4) is 0 Å². The highest BCUT2D eigenvalue weighted by molar-refractivity contribution is 8.07. The van der Waals surface area contributed by atoms with Crippen molar-refractivity contribution in [3.05, 3.63) is 0 Å². The molecule has 128 valence electrons. The van der Waals surface area contributed by atoms with E-state index in [0.29, 0.717) is 0 Å². The summed E-state index contributed by atoms with van der Waals surface area (Å²) in [6, 6.07) is 0. The molecule has 0 spiro atoms. The zero-order valence-electron chi connectivity index (χ0n) is 13.7. The minimum atomic E-state index is 0.836. The van der Waals surface area contributed by atoms with Crippen LogP contribution >= 0.6 is 82.3 Å². The summed E-state index contributed by atoms with van der Waals surface area (Å²) in [6.45, 7) is 0. The van der Waals surface area contributed by atoms with E-state index in [2.05, 4.69) is 60.3 Å². The van der Waals surface area contributed by atoms with Crippen molar-refractivity contribution >= 4 is 82.3 Å². The van der Waals surface area contributed by atoms with Gasteiger partial charge >= 0.3 is 0 Å². The average molecular weight is 423 g/mol. The van der Waals surface area contributed by atoms with E-state index in [9.17, 15) is 0 Å². The lowest BCUT2D eigenvalue weighted by atomic mass is 10.5. The fraction of sp³-hybridized carbons (Fsp3) is 1.00. The normalized spacial score (nSPS) is 14.3. The maximum atomic E-state index is 2.24. The quantitative estimate of drug-likeness (QED) is 0.302. The third-order valence-corrected chi connectivity index (χ3v) is 10.4. The van der Waals surface area contributed by atoms with Crippen LogP contribution in [0, 0.1) is 0 Å². The summed E-state index contributed by atoms with van der Waals surface area (Å²) in [5.74, 6) is 10.5. The van der Waals surface area contributed by atoms with Gasteiger partial charge in [-0.3, -0.25) is 0 Å². The molecular formula is C14H30S7. The summed E-state index contributed by atoms with van der Waals surface area (Å²) >= 11 is 14.5. The zero-order valence-corrected chi connectivity index (χ0v) is 19.4. The smallest absolute Gasteiger partial charge is 0.0228 e. The molecule has 0 amide bonds. The summed E-state index contributed by atoms with van der Waals surface area (Å²) in [7, 11) is 0. The van der Waals surface area contributed by atoms with Gasteiger partial charge in [-0.2, -0.15) is 82.3 Å². The fourth-order valence-electron chi connectivity index (χ4n) is 1.59. The van der Waals surface area contributed by atoms with E-state index in [1.165, 1.54) is 46.0 Å². The Bertz CT molecular complexity index is 184. The molecule has 0 aliphatic heterocycles. The largest absolute Gasteiger partial charge is 0.165 e. The van der Waals surface area contributed by atoms with Crippen molar-refractivity contribution in [2.45, 2.75) is 10.5 Å². The summed E-state index contributed by atoms with van der Waals surface area (Å²) in [6.07, 6.45) is 8.89. The number of hydrogen-bond acceptors (Lipinski definition) is 7. The monoisotopic (exact) mass is 422 g/mol. The van der Waals surface area contributed by atoms with Crippen LogP contribution in [0.15, 0.2) is 0 Å². The SMILES string of the molecule is CSCCSC(CSC)CSCC(CSC)SCCSC. The van der Waals surface area contributed by atoms with E-state index in [1.807, 2.05) is 47.0 Å². The molecule has 7 heteroatoms. The van der Waals surface area contributed by atoms with Gasteiger partial charge in [-0.25, -0.2) is 0 Å². The van der Waals surface area contributed by atoms with E-state index < -0.39 is 0 Å². The molecule has 0 radical (unpaired) electrons. The molecule has 0 N–H and O–H groups in total. The Balaban J connectivity index is 3.88. The highest BCUT2D eigenvalue weighted by atomic mass is 32.2. The van der Waals surface area contributed by atoms with Gasteiger partial charge in [-0.05, 0) is 25.0 Å². The Morgan fingerprint density at radius 3 is 1.29 bits per heavy atom. The Morgan fingerprint density at radius 1 is 0.524 bits per heavy atom. The molecule has 0 rings (SSSR count). The van der Waals surface area contributed by atoms with Crippen LogP contribution in [0.4, 0.5) is 0 Å². The molecule has 0 bridgehead atoms. The van der Waals surface area contributed by atoms with Crippen molar-refractivity contribution in [1.29, 1.82) is 0 Å². The minimum absolute atomic E-state index is 0.836. The van der Waals surface area contributed by atoms with Crippen LogP contribution in [0.25, 0.3) is 0 Å². The van der Waals surface area contributed by atoms with Crippen LogP contribution in [0.1, 0.15) is 0 Å². The van der Waals surface area contributed by atoms with Gasteiger partial charge in [0.25, 0.3) is 0 Å². The molecule has 0 aromatic rings. The molecular weight excluding hydrogens is 393 g/mol. The molecule has 0 aliphatic rings. The minimum Gasteiger partial charge on any atom is -0.165 e. The van der Waals surface area contributed by atoms with Crippen LogP contribution in [0.2, 0.25) is 0 Å². The predicted octanol–water partition coefficient (Wildman–Crippen LogP) is 5.38. The van der Waals surface area contributed by atoms with Crippen molar-refractivity contribution in [2.24, 2.45) is 0 Å². The van der Waals surface area contributed by atoms with Crippen molar-refractivity contribution < 1.29 is 0 Å². The summed E-state index contributed by atoms with van der Waals surface area (Å²) in [5, 5.41) is 1.67. The molecule has 21 heavy (non-hydrogen) atoms. The molecule has 2 atom stereocenters. The zero-order chi connectivity index (χ0) is 15.8. The third kappa shape index (κ3) is 15.7. The lowest BCUT2D eigenvalue weighted by Gasteiger charge is -2.18. The average Bonchev–Trinajstić information content (AvgIpc) is 2.47. The molecule has 0 heterocycles. The Morgan fingerprint density at radius 2 is 0.952 bits per heavy atom. The van der Waals surface area contributed by atoms with Crippen LogP contribution in [0.3, 0.4) is 0 Å². The van der Waals surface area contributed by atoms with E-state index in [1.54, 1.807) is 0 Å². The predicted molar refractivity (Wildman–Crippen MR) is 123 cm³/mol. The first-order valence-corrected chi connectivity index (χ1v) is 15.9. The lowest BCUT2D eigenvalue weighted by Crippen LogP contribution is -2.16. The van der Waals surface area contributed by atoms with Gasteiger partial charge in [-0.1, -0.05) is 0 Å². The van der Waals surface area contributed by atoms with Crippen LogP contribution in [-0.2, 0) is 0 Å². The summed E-state index contributed by atoms with van der Waals surface area (Å²) in [4.78, 5) is 0. The van der Waals surface area contributed by atoms with Gasteiger partial charge in [0.05, 0.1) is 0 Å². The maximum Gasteiger partial charge on any atom is 0.0228 e. The fourth-order valence-corrected chi connectivity index (χ4v) is 9.47. The van der Waals surface area contributed by atoms with Gasteiger partial charge in [0.1, 0.15) is 0 Å². The number of thioether (sulfide) groups is 7. The molecule has 0 aromatic heterocycles. The van der Waals surface area contributed by atoms with E-state index in [0.717, 1.165) is 10.5 Å². The molecule has 0 saturated carbocycles. The number of rotatable bonds is 16. The first-order valence-electron chi connectivity index (χ1n) is 7.05. The third-order valence-electron chi connectivity index (χ3n) is 2.59. The van der Waals surface area contributed by atoms with Crippen LogP contribution in [0.5, 0.6) is 0 Å². The molecule has 0 aliphatic carbocycles. The van der Waals surface area contributed by atoms with Gasteiger partial charge in [0, 0.05) is 56.5 Å². The van der Waals surface area contributed by atoms with Crippen molar-refractivity contribution in [3.63, 3.8) is 0 Å². The second kappa shape index (κ2) is 18.8. The number of hydrogen-bond donors (Lipinski definition) is 0. The van der Waals surface area contributed by atoms with Crippen molar-refractivity contribution in [2.75, 3.05) is 71.0 Å². The van der Waals surface area contributed by atoms with E-state index in [4.69, 9.17) is 0 Å².